The van der Waals surface area contributed by atoms with E-state index in [-0.39, 0.29) is 6.04 Å². The van der Waals surface area contributed by atoms with Crippen LogP contribution in [0.3, 0.4) is 0 Å². The maximum absolute atomic E-state index is 9.84. The van der Waals surface area contributed by atoms with Crippen LogP contribution in [0.1, 0.15) is 18.6 Å². The number of hydrazine groups is 1. The van der Waals surface area contributed by atoms with Crippen molar-refractivity contribution in [1.29, 1.82) is 0 Å². The molecule has 0 fully saturated rings. The van der Waals surface area contributed by atoms with Gasteiger partial charge in [0, 0.05) is 7.05 Å². The fraction of sp³-hybridized carbons (Fsp3) is 0.400. The summed E-state index contributed by atoms with van der Waals surface area (Å²) in [7, 11) is 1.75. The third kappa shape index (κ3) is 2.52. The van der Waals surface area contributed by atoms with Crippen molar-refractivity contribution in [3.05, 3.63) is 35.9 Å². The van der Waals surface area contributed by atoms with Gasteiger partial charge in [0.15, 0.2) is 0 Å². The molecular formula is C10H16N2O. The van der Waals surface area contributed by atoms with Gasteiger partial charge in [-0.05, 0) is 12.5 Å². The number of aliphatic hydroxyl groups is 1. The molecule has 3 heteroatoms. The van der Waals surface area contributed by atoms with E-state index in [9.17, 15) is 5.11 Å². The third-order valence-electron chi connectivity index (χ3n) is 2.24. The Bertz CT molecular complexity index is 248. The molecule has 1 aromatic carbocycles. The molecule has 0 spiro atoms. The molecule has 2 atom stereocenters. The number of nitrogens with zero attached hydrogens (tertiary/aromatic N) is 1. The van der Waals surface area contributed by atoms with E-state index in [0.717, 1.165) is 5.56 Å². The quantitative estimate of drug-likeness (QED) is 0.537. The molecule has 0 saturated carbocycles. The van der Waals surface area contributed by atoms with Crippen LogP contribution in [0.25, 0.3) is 0 Å². The van der Waals surface area contributed by atoms with E-state index in [0.29, 0.717) is 0 Å². The van der Waals surface area contributed by atoms with E-state index in [2.05, 4.69) is 0 Å². The van der Waals surface area contributed by atoms with Gasteiger partial charge < -0.3 is 5.11 Å². The number of benzene rings is 1. The molecule has 3 N–H and O–H groups in total. The molecule has 0 aromatic heterocycles. The Morgan fingerprint density at radius 2 is 1.85 bits per heavy atom. The van der Waals surface area contributed by atoms with E-state index in [1.807, 2.05) is 37.3 Å². The number of nitrogens with two attached hydrogens (primary N) is 1. The third-order valence-corrected chi connectivity index (χ3v) is 2.24. The average Bonchev–Trinajstić information content (AvgIpc) is 2.17. The molecule has 0 saturated heterocycles. The van der Waals surface area contributed by atoms with Gasteiger partial charge >= 0.3 is 0 Å². The van der Waals surface area contributed by atoms with Crippen LogP contribution in [0.5, 0.6) is 0 Å². The first-order chi connectivity index (χ1) is 6.13. The van der Waals surface area contributed by atoms with Crippen molar-refractivity contribution in [2.24, 2.45) is 5.84 Å². The number of rotatable bonds is 3. The maximum atomic E-state index is 9.84. The Kier molecular flexibility index (Phi) is 3.42. The Hall–Kier alpha value is -0.900. The lowest BCUT2D eigenvalue weighted by Gasteiger charge is -2.24. The Labute approximate surface area is 78.8 Å². The zero-order valence-electron chi connectivity index (χ0n) is 8.01. The zero-order valence-corrected chi connectivity index (χ0v) is 8.01. The topological polar surface area (TPSA) is 49.5 Å². The molecule has 1 aromatic rings. The summed E-state index contributed by atoms with van der Waals surface area (Å²) in [5.74, 6) is 5.55. The van der Waals surface area contributed by atoms with E-state index in [1.165, 1.54) is 5.01 Å². The van der Waals surface area contributed by atoms with Crippen LogP contribution < -0.4 is 5.84 Å². The van der Waals surface area contributed by atoms with Gasteiger partial charge in [0.2, 0.25) is 0 Å². The summed E-state index contributed by atoms with van der Waals surface area (Å²) in [4.78, 5) is 0. The van der Waals surface area contributed by atoms with Crippen molar-refractivity contribution in [3.63, 3.8) is 0 Å². The van der Waals surface area contributed by atoms with E-state index in [4.69, 9.17) is 5.84 Å². The highest BCUT2D eigenvalue weighted by atomic mass is 16.3. The van der Waals surface area contributed by atoms with Gasteiger partial charge in [0.25, 0.3) is 0 Å². The molecule has 0 aliphatic carbocycles. The maximum Gasteiger partial charge on any atom is 0.0956 e. The van der Waals surface area contributed by atoms with Crippen molar-refractivity contribution >= 4 is 0 Å². The van der Waals surface area contributed by atoms with Gasteiger partial charge in [-0.1, -0.05) is 30.3 Å². The number of aliphatic hydroxyl groups excluding tert-OH is 1. The van der Waals surface area contributed by atoms with Crippen LogP contribution in [0.2, 0.25) is 0 Å². The Morgan fingerprint density at radius 3 is 2.31 bits per heavy atom. The number of hydrogen-bond acceptors (Lipinski definition) is 3. The molecule has 72 valence electrons. The van der Waals surface area contributed by atoms with E-state index < -0.39 is 6.10 Å². The summed E-state index contributed by atoms with van der Waals surface area (Å²) >= 11 is 0. The van der Waals surface area contributed by atoms with Gasteiger partial charge in [0.1, 0.15) is 0 Å². The number of hydrogen-bond donors (Lipinski definition) is 2. The second-order valence-corrected chi connectivity index (χ2v) is 3.26. The van der Waals surface area contributed by atoms with Gasteiger partial charge in [0.05, 0.1) is 12.1 Å². The Morgan fingerprint density at radius 1 is 1.31 bits per heavy atom. The minimum atomic E-state index is -0.531. The lowest BCUT2D eigenvalue weighted by atomic mass is 10.0. The molecule has 0 aliphatic rings. The molecule has 0 heterocycles. The molecule has 0 amide bonds. The average molecular weight is 180 g/mol. The van der Waals surface area contributed by atoms with Crippen LogP contribution in [-0.4, -0.2) is 23.2 Å². The second kappa shape index (κ2) is 4.37. The van der Waals surface area contributed by atoms with Crippen molar-refractivity contribution in [3.8, 4) is 0 Å². The highest BCUT2D eigenvalue weighted by Gasteiger charge is 2.17. The predicted octanol–water partition coefficient (Wildman–Crippen LogP) is 0.914. The normalized spacial score (nSPS) is 15.8. The summed E-state index contributed by atoms with van der Waals surface area (Å²) in [6, 6.07) is 9.44. The van der Waals surface area contributed by atoms with E-state index in [1.54, 1.807) is 7.05 Å². The summed E-state index contributed by atoms with van der Waals surface area (Å²) in [6.45, 7) is 1.89. The first-order valence-electron chi connectivity index (χ1n) is 4.33. The van der Waals surface area contributed by atoms with Gasteiger partial charge in [-0.15, -0.1) is 0 Å². The fourth-order valence-corrected chi connectivity index (χ4v) is 1.15. The monoisotopic (exact) mass is 180 g/mol. The van der Waals surface area contributed by atoms with Gasteiger partial charge in [-0.2, -0.15) is 0 Å². The highest BCUT2D eigenvalue weighted by molar-refractivity contribution is 5.18. The van der Waals surface area contributed by atoms with Crippen molar-refractivity contribution in [2.75, 3.05) is 7.05 Å². The van der Waals surface area contributed by atoms with Crippen LogP contribution in [0, 0.1) is 0 Å². The van der Waals surface area contributed by atoms with Crippen molar-refractivity contribution in [2.45, 2.75) is 19.1 Å². The van der Waals surface area contributed by atoms with Crippen LogP contribution in [0.4, 0.5) is 0 Å². The summed E-state index contributed by atoms with van der Waals surface area (Å²) < 4.78 is 0. The molecular weight excluding hydrogens is 164 g/mol. The second-order valence-electron chi connectivity index (χ2n) is 3.26. The standard InChI is InChI=1S/C10H16N2O/c1-8(12(2)11)10(13)9-6-4-3-5-7-9/h3-8,10,13H,11H2,1-2H3. The lowest BCUT2D eigenvalue weighted by molar-refractivity contribution is 0.0729. The van der Waals surface area contributed by atoms with Crippen LogP contribution >= 0.6 is 0 Å². The van der Waals surface area contributed by atoms with Crippen molar-refractivity contribution in [1.82, 2.24) is 5.01 Å². The minimum absolute atomic E-state index is 0.0811. The molecule has 0 bridgehead atoms. The first kappa shape index (κ1) is 10.2. The summed E-state index contributed by atoms with van der Waals surface area (Å²) in [5.41, 5.74) is 0.896. The zero-order chi connectivity index (χ0) is 9.84. The number of likely N-dealkylation sites (N-methyl/N-ethyl adjacent to an activating group) is 1. The molecule has 3 nitrogen and oxygen atoms in total. The van der Waals surface area contributed by atoms with E-state index >= 15 is 0 Å². The Balaban J connectivity index is 2.73. The fourth-order valence-electron chi connectivity index (χ4n) is 1.15. The molecule has 0 aliphatic heterocycles. The smallest absolute Gasteiger partial charge is 0.0956 e. The first-order valence-corrected chi connectivity index (χ1v) is 4.33. The lowest BCUT2D eigenvalue weighted by Crippen LogP contribution is -2.39. The minimum Gasteiger partial charge on any atom is -0.387 e. The molecule has 0 radical (unpaired) electrons. The molecule has 1 rings (SSSR count). The predicted molar refractivity (Wildman–Crippen MR) is 52.8 cm³/mol. The summed E-state index contributed by atoms with van der Waals surface area (Å²) in [5, 5.41) is 11.3. The van der Waals surface area contributed by atoms with Crippen LogP contribution in [-0.2, 0) is 0 Å². The SMILES string of the molecule is CC(C(O)c1ccccc1)N(C)N. The molecule has 13 heavy (non-hydrogen) atoms. The summed E-state index contributed by atoms with van der Waals surface area (Å²) in [6.07, 6.45) is -0.531. The molecule has 2 unspecified atom stereocenters. The highest BCUT2D eigenvalue weighted by Crippen LogP contribution is 2.17. The van der Waals surface area contributed by atoms with Crippen molar-refractivity contribution < 1.29 is 5.11 Å². The van der Waals surface area contributed by atoms with Gasteiger partial charge in [-0.3, -0.25) is 5.84 Å². The van der Waals surface area contributed by atoms with Gasteiger partial charge in [-0.25, -0.2) is 5.01 Å². The van der Waals surface area contributed by atoms with Crippen LogP contribution in [0.15, 0.2) is 30.3 Å². The largest absolute Gasteiger partial charge is 0.387 e.